The summed E-state index contributed by atoms with van der Waals surface area (Å²) in [6.07, 6.45) is 69.5. The molecule has 0 aromatic rings. The molecule has 0 fully saturated rings. The molecule has 0 aliphatic heterocycles. The number of likely N-dealkylation sites (N-methyl/N-ethyl adjacent to an activating group) is 1. The van der Waals surface area contributed by atoms with Crippen LogP contribution in [0, 0.1) is 0 Å². The Hall–Kier alpha value is -3.36. The van der Waals surface area contributed by atoms with E-state index in [1.165, 1.54) is 38.5 Å². The topological polar surface area (TPSA) is 108 Å². The zero-order chi connectivity index (χ0) is 47.8. The number of carbonyl (C=O) groups excluding carboxylic acids is 1. The predicted molar refractivity (Wildman–Crippen MR) is 278 cm³/mol. The number of allylic oxidation sites excluding steroid dienone is 21. The van der Waals surface area contributed by atoms with Crippen LogP contribution >= 0.6 is 7.82 Å². The van der Waals surface area contributed by atoms with Crippen molar-refractivity contribution in [2.45, 2.75) is 174 Å². The standard InChI is InChI=1S/C56H93N2O6P/c1-6-8-10-12-14-16-18-19-20-21-22-23-24-25-26-27-28-29-30-31-32-33-34-35-36-37-38-39-40-42-44-46-48-50-56(60)57-54(53-64-65(61,62)63-52-51-58(3,4)5)55(59)49-47-45-43-41-17-15-13-11-9-7-2/h8,10,14,16,19-20,22-23,25-26,28-29,31-32,34-35,37-38,40,42,47,49,54-55,59H,6-7,9,11-13,15,17-18,21,24,27,30,33,36,39,41,43-46,48,50-53H2,1-5H3,(H-,57,60,61,62)/b10-8-,16-14-,20-19-,23-22-,26-25-,29-28-,32-31-,35-34-,38-37-,42-40-,49-47+. The summed E-state index contributed by atoms with van der Waals surface area (Å²) in [6.45, 7) is 4.44. The summed E-state index contributed by atoms with van der Waals surface area (Å²) in [5, 5.41) is 13.7. The number of hydrogen-bond acceptors (Lipinski definition) is 6. The van der Waals surface area contributed by atoms with Crippen LogP contribution in [0.1, 0.15) is 162 Å². The van der Waals surface area contributed by atoms with Gasteiger partial charge in [0.2, 0.25) is 5.91 Å². The Labute approximate surface area is 398 Å². The minimum Gasteiger partial charge on any atom is -0.756 e. The smallest absolute Gasteiger partial charge is 0.268 e. The van der Waals surface area contributed by atoms with Gasteiger partial charge in [-0.05, 0) is 96.3 Å². The minimum absolute atomic E-state index is 0.0177. The van der Waals surface area contributed by atoms with Crippen molar-refractivity contribution < 1.29 is 32.9 Å². The van der Waals surface area contributed by atoms with Crippen LogP contribution in [-0.4, -0.2) is 68.5 Å². The number of aliphatic hydroxyl groups excluding tert-OH is 1. The van der Waals surface area contributed by atoms with Crippen LogP contribution in [0.2, 0.25) is 0 Å². The molecule has 0 aromatic heterocycles. The fourth-order valence-corrected chi connectivity index (χ4v) is 6.90. The summed E-state index contributed by atoms with van der Waals surface area (Å²) in [6, 6.07) is -0.918. The lowest BCUT2D eigenvalue weighted by molar-refractivity contribution is -0.870. The van der Waals surface area contributed by atoms with Gasteiger partial charge in [0.25, 0.3) is 7.82 Å². The molecule has 9 heteroatoms. The Kier molecular flexibility index (Phi) is 43.4. The van der Waals surface area contributed by atoms with Gasteiger partial charge in [-0.25, -0.2) is 0 Å². The molecule has 0 saturated heterocycles. The average molecular weight is 921 g/mol. The lowest BCUT2D eigenvalue weighted by Gasteiger charge is -2.29. The van der Waals surface area contributed by atoms with Gasteiger partial charge in [0.15, 0.2) is 0 Å². The third-order valence-electron chi connectivity index (χ3n) is 10.1. The van der Waals surface area contributed by atoms with E-state index in [9.17, 15) is 19.4 Å². The molecule has 0 aliphatic carbocycles. The number of amides is 1. The first kappa shape index (κ1) is 61.6. The van der Waals surface area contributed by atoms with Crippen LogP contribution in [0.5, 0.6) is 0 Å². The van der Waals surface area contributed by atoms with E-state index in [2.05, 4.69) is 141 Å². The SMILES string of the molecule is CC/C=C\C/C=C\C/C=C\C/C=C\C/C=C\C/C=C\C/C=C\C/C=C\C/C=C\C/C=C\CCCCC(=O)NC(COP(=O)([O-])OCC[N+](C)(C)C)C(O)/C=C/CCCCCCCCCC. The number of phosphoric ester groups is 1. The van der Waals surface area contributed by atoms with E-state index >= 15 is 0 Å². The second-order valence-electron chi connectivity index (χ2n) is 17.4. The second-order valence-corrected chi connectivity index (χ2v) is 18.8. The molecule has 0 aromatic carbocycles. The van der Waals surface area contributed by atoms with Crippen LogP contribution < -0.4 is 10.2 Å². The predicted octanol–water partition coefficient (Wildman–Crippen LogP) is 14.2. The second kappa shape index (κ2) is 45.8. The molecule has 0 radical (unpaired) electrons. The number of carbonyl (C=O) groups is 1. The van der Waals surface area contributed by atoms with Crippen molar-refractivity contribution in [3.63, 3.8) is 0 Å². The highest BCUT2D eigenvalue weighted by Gasteiger charge is 2.23. The highest BCUT2D eigenvalue weighted by molar-refractivity contribution is 7.45. The van der Waals surface area contributed by atoms with Gasteiger partial charge in [-0.15, -0.1) is 0 Å². The number of nitrogens with one attached hydrogen (secondary N) is 1. The molecule has 3 unspecified atom stereocenters. The molecule has 0 saturated carbocycles. The summed E-state index contributed by atoms with van der Waals surface area (Å²) in [4.78, 5) is 25.3. The fraction of sp³-hybridized carbons (Fsp3) is 0.589. The van der Waals surface area contributed by atoms with Gasteiger partial charge in [0.05, 0.1) is 39.9 Å². The molecule has 0 heterocycles. The summed E-state index contributed by atoms with van der Waals surface area (Å²) < 4.78 is 23.1. The van der Waals surface area contributed by atoms with Crippen LogP contribution in [-0.2, 0) is 18.4 Å². The zero-order valence-electron chi connectivity index (χ0n) is 41.6. The van der Waals surface area contributed by atoms with E-state index in [1.54, 1.807) is 6.08 Å². The van der Waals surface area contributed by atoms with E-state index < -0.39 is 26.6 Å². The van der Waals surface area contributed by atoms with Gasteiger partial charge >= 0.3 is 0 Å². The Morgan fingerprint density at radius 3 is 1.37 bits per heavy atom. The first-order chi connectivity index (χ1) is 31.5. The van der Waals surface area contributed by atoms with Crippen molar-refractivity contribution in [1.29, 1.82) is 0 Å². The molecule has 368 valence electrons. The number of nitrogens with zero attached hydrogens (tertiary/aromatic N) is 1. The molecule has 0 spiro atoms. The van der Waals surface area contributed by atoms with E-state index in [1.807, 2.05) is 27.2 Å². The average Bonchev–Trinajstić information content (AvgIpc) is 3.26. The Balaban J connectivity index is 4.31. The van der Waals surface area contributed by atoms with Crippen molar-refractivity contribution in [2.24, 2.45) is 0 Å². The molecule has 0 aliphatic rings. The Morgan fingerprint density at radius 2 is 0.938 bits per heavy atom. The highest BCUT2D eigenvalue weighted by Crippen LogP contribution is 2.38. The fourth-order valence-electron chi connectivity index (χ4n) is 6.18. The first-order valence-corrected chi connectivity index (χ1v) is 26.5. The van der Waals surface area contributed by atoms with Crippen molar-refractivity contribution in [3.05, 3.63) is 134 Å². The molecule has 1 amide bonds. The first-order valence-electron chi connectivity index (χ1n) is 25.0. The maximum atomic E-state index is 12.8. The molecular weight excluding hydrogens is 828 g/mol. The molecule has 2 N–H and O–H groups in total. The lowest BCUT2D eigenvalue weighted by atomic mass is 10.1. The lowest BCUT2D eigenvalue weighted by Crippen LogP contribution is -2.45. The number of phosphoric acid groups is 1. The summed E-state index contributed by atoms with van der Waals surface area (Å²) in [5.41, 5.74) is 0. The monoisotopic (exact) mass is 921 g/mol. The largest absolute Gasteiger partial charge is 0.756 e. The van der Waals surface area contributed by atoms with E-state index in [-0.39, 0.29) is 18.9 Å². The number of unbranched alkanes of at least 4 members (excludes halogenated alkanes) is 10. The maximum absolute atomic E-state index is 12.8. The van der Waals surface area contributed by atoms with Crippen molar-refractivity contribution in [1.82, 2.24) is 5.32 Å². The third-order valence-corrected chi connectivity index (χ3v) is 11.1. The quantitative estimate of drug-likeness (QED) is 0.0273. The number of quaternary nitrogens is 1. The number of hydrogen-bond donors (Lipinski definition) is 2. The van der Waals surface area contributed by atoms with Crippen LogP contribution in [0.4, 0.5) is 0 Å². The van der Waals surface area contributed by atoms with E-state index in [4.69, 9.17) is 9.05 Å². The molecule has 0 rings (SSSR count). The molecule has 65 heavy (non-hydrogen) atoms. The minimum atomic E-state index is -4.61. The number of rotatable bonds is 43. The van der Waals surface area contributed by atoms with Crippen LogP contribution in [0.25, 0.3) is 0 Å². The Bertz CT molecular complexity index is 1510. The third kappa shape index (κ3) is 48.4. The Morgan fingerprint density at radius 1 is 0.554 bits per heavy atom. The van der Waals surface area contributed by atoms with Crippen molar-refractivity contribution in [3.8, 4) is 0 Å². The number of aliphatic hydroxyl groups is 1. The van der Waals surface area contributed by atoms with Gasteiger partial charge in [0, 0.05) is 6.42 Å². The summed E-state index contributed by atoms with van der Waals surface area (Å²) >= 11 is 0. The van der Waals surface area contributed by atoms with Crippen LogP contribution in [0.3, 0.4) is 0 Å². The molecule has 3 atom stereocenters. The molecular formula is C56H93N2O6P. The summed E-state index contributed by atoms with van der Waals surface area (Å²) in [7, 11) is 1.20. The van der Waals surface area contributed by atoms with Gasteiger partial charge < -0.3 is 28.8 Å². The summed E-state index contributed by atoms with van der Waals surface area (Å²) in [5.74, 6) is -0.249. The molecule has 8 nitrogen and oxygen atoms in total. The van der Waals surface area contributed by atoms with Crippen molar-refractivity contribution >= 4 is 13.7 Å². The highest BCUT2D eigenvalue weighted by atomic mass is 31.2. The van der Waals surface area contributed by atoms with E-state index in [0.717, 1.165) is 96.3 Å². The van der Waals surface area contributed by atoms with Gasteiger partial charge in [-0.2, -0.15) is 0 Å². The molecule has 0 bridgehead atoms. The van der Waals surface area contributed by atoms with Crippen LogP contribution in [0.15, 0.2) is 134 Å². The van der Waals surface area contributed by atoms with Gasteiger partial charge in [-0.3, -0.25) is 9.36 Å². The van der Waals surface area contributed by atoms with Gasteiger partial charge in [-0.1, -0.05) is 192 Å². The van der Waals surface area contributed by atoms with E-state index in [0.29, 0.717) is 17.4 Å². The zero-order valence-corrected chi connectivity index (χ0v) is 42.5. The normalized spacial score (nSPS) is 15.2. The van der Waals surface area contributed by atoms with Gasteiger partial charge in [0.1, 0.15) is 13.2 Å². The van der Waals surface area contributed by atoms with Crippen molar-refractivity contribution in [2.75, 3.05) is 40.9 Å². The maximum Gasteiger partial charge on any atom is 0.268 e.